The van der Waals surface area contributed by atoms with Gasteiger partial charge >= 0.3 is 5.97 Å². The number of nitrogens with zero attached hydrogens (tertiary/aromatic N) is 2. The molecule has 18 heavy (non-hydrogen) atoms. The predicted molar refractivity (Wildman–Crippen MR) is 60.2 cm³/mol. The Morgan fingerprint density at radius 1 is 1.44 bits per heavy atom. The van der Waals surface area contributed by atoms with Crippen LogP contribution in [-0.4, -0.2) is 33.4 Å². The summed E-state index contributed by atoms with van der Waals surface area (Å²) in [7, 11) is 0. The van der Waals surface area contributed by atoms with Gasteiger partial charge in [0.2, 0.25) is 6.43 Å². The van der Waals surface area contributed by atoms with Crippen LogP contribution in [0.3, 0.4) is 0 Å². The molecule has 0 saturated heterocycles. The average Bonchev–Trinajstić information content (AvgIpc) is 2.66. The number of H-pyrrole nitrogens is 1. The van der Waals surface area contributed by atoms with Crippen LogP contribution in [0.1, 0.15) is 39.8 Å². The molecule has 1 rings (SSSR count). The summed E-state index contributed by atoms with van der Waals surface area (Å²) >= 11 is 0. The second kappa shape index (κ2) is 4.99. The van der Waals surface area contributed by atoms with Gasteiger partial charge in [-0.05, 0) is 27.7 Å². The number of halogens is 2. The molecule has 1 heterocycles. The molecular formula is C11H17F2N3O2. The molecule has 1 aromatic rings. The first-order valence-corrected chi connectivity index (χ1v) is 5.51. The maximum atomic E-state index is 13.2. The zero-order valence-electron chi connectivity index (χ0n) is 10.8. The molecule has 1 atom stereocenters. The number of hydrogen-bond donors (Lipinski definition) is 1. The van der Waals surface area contributed by atoms with Gasteiger partial charge in [0, 0.05) is 0 Å². The quantitative estimate of drug-likeness (QED) is 0.842. The highest BCUT2D eigenvalue weighted by Crippen LogP contribution is 2.33. The van der Waals surface area contributed by atoms with E-state index < -0.39 is 29.8 Å². The molecule has 102 valence electrons. The molecule has 1 aromatic heterocycles. The van der Waals surface area contributed by atoms with E-state index in [-0.39, 0.29) is 5.69 Å². The molecule has 0 aliphatic carbocycles. The number of aromatic amines is 1. The lowest BCUT2D eigenvalue weighted by Gasteiger charge is -2.27. The van der Waals surface area contributed by atoms with Gasteiger partial charge in [0.1, 0.15) is 5.60 Å². The Labute approximate surface area is 104 Å². The van der Waals surface area contributed by atoms with Crippen LogP contribution in [-0.2, 0) is 14.9 Å². The lowest BCUT2D eigenvalue weighted by molar-refractivity contribution is -0.158. The van der Waals surface area contributed by atoms with Crippen molar-refractivity contribution in [3.05, 3.63) is 11.9 Å². The molecule has 0 spiro atoms. The van der Waals surface area contributed by atoms with Crippen LogP contribution in [0.5, 0.6) is 0 Å². The van der Waals surface area contributed by atoms with Gasteiger partial charge in [-0.3, -0.25) is 4.79 Å². The van der Waals surface area contributed by atoms with E-state index in [2.05, 4.69) is 15.4 Å². The number of alkyl halides is 2. The highest BCUT2D eigenvalue weighted by molar-refractivity contribution is 5.71. The van der Waals surface area contributed by atoms with Gasteiger partial charge in [-0.1, -0.05) is 0 Å². The maximum absolute atomic E-state index is 13.2. The molecule has 0 fully saturated rings. The molecule has 0 aromatic carbocycles. The van der Waals surface area contributed by atoms with Crippen molar-refractivity contribution in [2.75, 3.05) is 0 Å². The predicted octanol–water partition coefficient (Wildman–Crippen LogP) is 2.06. The Morgan fingerprint density at radius 3 is 2.44 bits per heavy atom. The first kappa shape index (κ1) is 14.5. The summed E-state index contributed by atoms with van der Waals surface area (Å²) in [6.45, 7) is 6.31. The number of rotatable bonds is 4. The molecule has 0 aliphatic rings. The monoisotopic (exact) mass is 261 g/mol. The lowest BCUT2D eigenvalue weighted by Crippen LogP contribution is -2.36. The van der Waals surface area contributed by atoms with Crippen LogP contribution in [0.15, 0.2) is 6.20 Å². The molecule has 1 N–H and O–H groups in total. The SMILES string of the molecule is CC(C)(C)OC(=O)CC(C)(c1cn[nH]n1)C(F)F. The molecule has 0 radical (unpaired) electrons. The van der Waals surface area contributed by atoms with Crippen LogP contribution < -0.4 is 0 Å². The number of aromatic nitrogens is 3. The molecule has 0 amide bonds. The van der Waals surface area contributed by atoms with Crippen LogP contribution in [0.4, 0.5) is 8.78 Å². The molecule has 0 aliphatic heterocycles. The average molecular weight is 261 g/mol. The summed E-state index contributed by atoms with van der Waals surface area (Å²) in [5.41, 5.74) is -2.36. The number of hydrogen-bond acceptors (Lipinski definition) is 4. The number of nitrogens with one attached hydrogen (secondary N) is 1. The smallest absolute Gasteiger partial charge is 0.307 e. The van der Waals surface area contributed by atoms with Gasteiger partial charge < -0.3 is 4.74 Å². The minimum absolute atomic E-state index is 0.0448. The van der Waals surface area contributed by atoms with Crippen molar-refractivity contribution >= 4 is 5.97 Å². The molecule has 1 unspecified atom stereocenters. The van der Waals surface area contributed by atoms with Crippen LogP contribution in [0.2, 0.25) is 0 Å². The van der Waals surface area contributed by atoms with Gasteiger partial charge in [0.05, 0.1) is 23.7 Å². The van der Waals surface area contributed by atoms with E-state index in [9.17, 15) is 13.6 Å². The van der Waals surface area contributed by atoms with E-state index in [1.54, 1.807) is 20.8 Å². The topological polar surface area (TPSA) is 67.9 Å². The number of esters is 1. The fourth-order valence-corrected chi connectivity index (χ4v) is 1.43. The van der Waals surface area contributed by atoms with Crippen LogP contribution in [0, 0.1) is 0 Å². The van der Waals surface area contributed by atoms with Gasteiger partial charge in [-0.25, -0.2) is 8.78 Å². The van der Waals surface area contributed by atoms with Crippen molar-refractivity contribution < 1.29 is 18.3 Å². The first-order chi connectivity index (χ1) is 8.15. The van der Waals surface area contributed by atoms with Crippen molar-refractivity contribution in [3.63, 3.8) is 0 Å². The summed E-state index contributed by atoms with van der Waals surface area (Å²) in [6.07, 6.45) is -2.00. The fourth-order valence-electron chi connectivity index (χ4n) is 1.43. The van der Waals surface area contributed by atoms with Crippen LogP contribution in [0.25, 0.3) is 0 Å². The van der Waals surface area contributed by atoms with Crippen LogP contribution >= 0.6 is 0 Å². The zero-order valence-corrected chi connectivity index (χ0v) is 10.8. The van der Waals surface area contributed by atoms with Gasteiger partial charge in [0.15, 0.2) is 0 Å². The third-order valence-electron chi connectivity index (χ3n) is 2.41. The Kier molecular flexibility index (Phi) is 4.03. The fraction of sp³-hybridized carbons (Fsp3) is 0.727. The molecule has 0 saturated carbocycles. The lowest BCUT2D eigenvalue weighted by atomic mass is 9.84. The van der Waals surface area contributed by atoms with Gasteiger partial charge in [-0.2, -0.15) is 15.4 Å². The Hall–Kier alpha value is -1.53. The Morgan fingerprint density at radius 2 is 2.06 bits per heavy atom. The van der Waals surface area contributed by atoms with E-state index in [0.29, 0.717) is 0 Å². The zero-order chi connectivity index (χ0) is 14.0. The van der Waals surface area contributed by atoms with E-state index in [0.717, 1.165) is 0 Å². The Bertz CT molecular complexity index is 401. The molecule has 0 bridgehead atoms. The highest BCUT2D eigenvalue weighted by Gasteiger charge is 2.42. The number of carbonyl (C=O) groups excluding carboxylic acids is 1. The highest BCUT2D eigenvalue weighted by atomic mass is 19.3. The third-order valence-corrected chi connectivity index (χ3v) is 2.41. The van der Waals surface area contributed by atoms with E-state index >= 15 is 0 Å². The van der Waals surface area contributed by atoms with Crippen molar-refractivity contribution in [1.82, 2.24) is 15.4 Å². The third kappa shape index (κ3) is 3.48. The second-order valence-electron chi connectivity index (χ2n) is 5.34. The van der Waals surface area contributed by atoms with Crippen molar-refractivity contribution in [2.45, 2.75) is 51.6 Å². The normalized spacial score (nSPS) is 15.5. The second-order valence-corrected chi connectivity index (χ2v) is 5.34. The minimum atomic E-state index is -2.74. The largest absolute Gasteiger partial charge is 0.460 e. The summed E-state index contributed by atoms with van der Waals surface area (Å²) in [5, 5.41) is 9.39. The van der Waals surface area contributed by atoms with Gasteiger partial charge in [-0.15, -0.1) is 0 Å². The van der Waals surface area contributed by atoms with Crippen molar-refractivity contribution in [3.8, 4) is 0 Å². The number of carbonyl (C=O) groups is 1. The van der Waals surface area contributed by atoms with E-state index in [1.807, 2.05) is 0 Å². The van der Waals surface area contributed by atoms with Crippen molar-refractivity contribution in [2.24, 2.45) is 0 Å². The summed E-state index contributed by atoms with van der Waals surface area (Å²) < 4.78 is 31.4. The van der Waals surface area contributed by atoms with Crippen molar-refractivity contribution in [1.29, 1.82) is 0 Å². The molecule has 7 heteroatoms. The van der Waals surface area contributed by atoms with E-state index in [4.69, 9.17) is 4.74 Å². The van der Waals surface area contributed by atoms with Gasteiger partial charge in [0.25, 0.3) is 0 Å². The summed E-state index contributed by atoms with van der Waals surface area (Å²) in [4.78, 5) is 11.7. The Balaban J connectivity index is 2.85. The summed E-state index contributed by atoms with van der Waals surface area (Å²) in [5.74, 6) is -0.687. The summed E-state index contributed by atoms with van der Waals surface area (Å²) in [6, 6.07) is 0. The van der Waals surface area contributed by atoms with E-state index in [1.165, 1.54) is 13.1 Å². The number of ether oxygens (including phenoxy) is 1. The maximum Gasteiger partial charge on any atom is 0.307 e. The standard InChI is InChI=1S/C11H17F2N3O2/c1-10(2,3)18-8(17)5-11(4,9(12)13)7-6-14-16-15-7/h6,9H,5H2,1-4H3,(H,14,15,16). The first-order valence-electron chi connectivity index (χ1n) is 5.51. The molecule has 5 nitrogen and oxygen atoms in total. The minimum Gasteiger partial charge on any atom is -0.460 e. The molecular weight excluding hydrogens is 244 g/mol.